The molecule has 1 spiro atoms. The Hall–Kier alpha value is -4.56. The van der Waals surface area contributed by atoms with Gasteiger partial charge in [0.05, 0.1) is 24.8 Å². The third-order valence-corrected chi connectivity index (χ3v) is 10.8. The van der Waals surface area contributed by atoms with Gasteiger partial charge >= 0.3 is 6.18 Å². The molecule has 6 rings (SSSR count). The van der Waals surface area contributed by atoms with Crippen molar-refractivity contribution in [1.82, 2.24) is 20.0 Å². The van der Waals surface area contributed by atoms with E-state index in [2.05, 4.69) is 21.3 Å². The van der Waals surface area contributed by atoms with Crippen molar-refractivity contribution in [3.63, 3.8) is 0 Å². The number of nitrogens with two attached hydrogens (primary N) is 1. The summed E-state index contributed by atoms with van der Waals surface area (Å²) < 4.78 is 38.5. The van der Waals surface area contributed by atoms with Gasteiger partial charge in [-0.05, 0) is 81.1 Å². The number of likely N-dealkylation sites (tertiary alicyclic amines) is 2. The summed E-state index contributed by atoms with van der Waals surface area (Å²) in [6.07, 6.45) is 2.28. The van der Waals surface area contributed by atoms with Crippen molar-refractivity contribution in [2.45, 2.75) is 38.3 Å². The Labute approximate surface area is 296 Å². The van der Waals surface area contributed by atoms with Crippen LogP contribution in [0.2, 0.25) is 0 Å². The molecule has 4 heterocycles. The van der Waals surface area contributed by atoms with Crippen molar-refractivity contribution < 1.29 is 22.8 Å². The number of nitrogens with one attached hydrogen (secondary N) is 3. The Morgan fingerprint density at radius 3 is 2.43 bits per heavy atom. The van der Waals surface area contributed by atoms with E-state index >= 15 is 0 Å². The molecular weight excluding hydrogens is 659 g/mol. The van der Waals surface area contributed by atoms with E-state index in [9.17, 15) is 22.8 Å². The molecule has 3 saturated heterocycles. The van der Waals surface area contributed by atoms with Crippen LogP contribution in [0, 0.1) is 22.2 Å². The lowest BCUT2D eigenvalue weighted by atomic mass is 9.85. The summed E-state index contributed by atoms with van der Waals surface area (Å²) in [4.78, 5) is 38.4. The summed E-state index contributed by atoms with van der Waals surface area (Å²) in [5, 5.41) is 19.7. The number of alkyl halides is 3. The molecule has 2 aromatic rings. The van der Waals surface area contributed by atoms with Crippen LogP contribution < -0.4 is 16.0 Å². The molecule has 5 N–H and O–H groups in total. The first-order chi connectivity index (χ1) is 24.4. The van der Waals surface area contributed by atoms with E-state index in [1.165, 1.54) is 16.8 Å². The van der Waals surface area contributed by atoms with Crippen molar-refractivity contribution >= 4 is 46.6 Å². The van der Waals surface area contributed by atoms with Gasteiger partial charge in [0.15, 0.2) is 5.84 Å². The van der Waals surface area contributed by atoms with Crippen LogP contribution in [-0.2, 0) is 9.59 Å². The second kappa shape index (κ2) is 15.0. The van der Waals surface area contributed by atoms with Gasteiger partial charge in [0.25, 0.3) is 0 Å². The van der Waals surface area contributed by atoms with Crippen LogP contribution in [0.5, 0.6) is 0 Å². The molecule has 4 aliphatic heterocycles. The van der Waals surface area contributed by atoms with E-state index in [1.54, 1.807) is 30.1 Å². The molecule has 2 aromatic carbocycles. The summed E-state index contributed by atoms with van der Waals surface area (Å²) in [7, 11) is 1.73. The Kier molecular flexibility index (Phi) is 10.6. The maximum absolute atomic E-state index is 13.9. The van der Waals surface area contributed by atoms with Crippen LogP contribution in [0.25, 0.3) is 5.57 Å². The van der Waals surface area contributed by atoms with Crippen molar-refractivity contribution in [3.8, 4) is 0 Å². The largest absolute Gasteiger partial charge is 0.401 e. The molecule has 0 aliphatic carbocycles. The second-order valence-corrected chi connectivity index (χ2v) is 14.1. The van der Waals surface area contributed by atoms with Crippen LogP contribution in [0.1, 0.15) is 48.8 Å². The first-order valence-electron chi connectivity index (χ1n) is 17.5. The molecule has 0 aromatic heterocycles. The third-order valence-electron chi connectivity index (χ3n) is 10.8. The number of nitrogen functional groups attached to an aromatic ring is 1. The van der Waals surface area contributed by atoms with Crippen molar-refractivity contribution in [2.24, 2.45) is 16.3 Å². The summed E-state index contributed by atoms with van der Waals surface area (Å²) in [6, 6.07) is 13.0. The number of rotatable bonds is 9. The summed E-state index contributed by atoms with van der Waals surface area (Å²) >= 11 is 0. The van der Waals surface area contributed by atoms with Crippen LogP contribution >= 0.6 is 0 Å². The highest BCUT2D eigenvalue weighted by Gasteiger charge is 2.51. The van der Waals surface area contributed by atoms with E-state index in [-0.39, 0.29) is 43.2 Å². The molecule has 51 heavy (non-hydrogen) atoms. The van der Waals surface area contributed by atoms with E-state index in [0.717, 1.165) is 17.5 Å². The molecule has 0 bridgehead atoms. The molecule has 2 amide bonds. The maximum Gasteiger partial charge on any atom is 0.401 e. The van der Waals surface area contributed by atoms with Crippen LogP contribution in [0.15, 0.2) is 53.5 Å². The Morgan fingerprint density at radius 1 is 1.04 bits per heavy atom. The molecule has 0 unspecified atom stereocenters. The molecule has 272 valence electrons. The number of nitrogens with zero attached hydrogens (tertiary/aromatic N) is 5. The van der Waals surface area contributed by atoms with Gasteiger partial charge in [-0.1, -0.05) is 30.3 Å². The number of carbonyl (C=O) groups is 2. The highest BCUT2D eigenvalue weighted by molar-refractivity contribution is 6.07. The lowest BCUT2D eigenvalue weighted by molar-refractivity contribution is -0.148. The quantitative estimate of drug-likeness (QED) is 0.175. The minimum absolute atomic E-state index is 0.0145. The normalized spacial score (nSPS) is 22.3. The Balaban J connectivity index is 1.02. The van der Waals surface area contributed by atoms with Gasteiger partial charge in [0.1, 0.15) is 0 Å². The fourth-order valence-corrected chi connectivity index (χ4v) is 7.83. The van der Waals surface area contributed by atoms with Gasteiger partial charge in [0, 0.05) is 67.4 Å². The number of piperidine rings is 1. The number of hydrogen-bond donors (Lipinski definition) is 4. The second-order valence-electron chi connectivity index (χ2n) is 14.1. The smallest absolute Gasteiger partial charge is 0.398 e. The average Bonchev–Trinajstić information content (AvgIpc) is 3.68. The van der Waals surface area contributed by atoms with Crippen molar-refractivity contribution in [2.75, 3.05) is 76.6 Å². The van der Waals surface area contributed by atoms with E-state index in [0.29, 0.717) is 81.1 Å². The fourth-order valence-electron chi connectivity index (χ4n) is 7.83. The Morgan fingerprint density at radius 2 is 1.76 bits per heavy atom. The predicted octanol–water partition coefficient (Wildman–Crippen LogP) is 4.23. The minimum atomic E-state index is -4.24. The fraction of sp³-hybridized carbons (Fsp3) is 0.486. The van der Waals surface area contributed by atoms with Gasteiger partial charge in [-0.3, -0.25) is 24.8 Å². The monoisotopic (exact) mass is 705 g/mol. The number of benzene rings is 2. The number of carbonyl (C=O) groups excluding carboxylic acids is 2. The van der Waals surface area contributed by atoms with Crippen LogP contribution in [0.4, 0.5) is 24.5 Å². The molecule has 1 atom stereocenters. The maximum atomic E-state index is 13.9. The van der Waals surface area contributed by atoms with Crippen molar-refractivity contribution in [1.29, 1.82) is 10.8 Å². The zero-order chi connectivity index (χ0) is 36.3. The molecular formula is C37H46F3N9O2. The summed E-state index contributed by atoms with van der Waals surface area (Å²) in [5.74, 6) is 0.0355. The number of anilines is 2. The van der Waals surface area contributed by atoms with Crippen LogP contribution in [0.3, 0.4) is 0 Å². The Bertz CT molecular complexity index is 1720. The topological polar surface area (TPSA) is 145 Å². The summed E-state index contributed by atoms with van der Waals surface area (Å²) in [5.41, 5.74) is 10.6. The molecule has 0 radical (unpaired) electrons. The lowest BCUT2D eigenvalue weighted by Gasteiger charge is -2.33. The third kappa shape index (κ3) is 8.17. The van der Waals surface area contributed by atoms with Gasteiger partial charge in [-0.2, -0.15) is 13.2 Å². The van der Waals surface area contributed by atoms with E-state index < -0.39 is 18.1 Å². The number of amidine groups is 1. The zero-order valence-electron chi connectivity index (χ0n) is 28.9. The van der Waals surface area contributed by atoms with Gasteiger partial charge in [0.2, 0.25) is 11.8 Å². The summed E-state index contributed by atoms with van der Waals surface area (Å²) in [6.45, 7) is 2.68. The molecule has 11 nitrogen and oxygen atoms in total. The highest BCUT2D eigenvalue weighted by atomic mass is 19.4. The number of hydrogen-bond acceptors (Lipinski definition) is 7. The molecule has 14 heteroatoms. The predicted molar refractivity (Wildman–Crippen MR) is 193 cm³/mol. The average molecular weight is 706 g/mol. The van der Waals surface area contributed by atoms with Crippen molar-refractivity contribution in [3.05, 3.63) is 65.2 Å². The van der Waals surface area contributed by atoms with Gasteiger partial charge in [-0.15, -0.1) is 0 Å². The van der Waals surface area contributed by atoms with Crippen LogP contribution in [-0.4, -0.2) is 117 Å². The SMILES string of the molecule is CN/C=N\C(=N)c1ccc(C2=CCN(C(=O)CN3CC[C@]4(CCN(c5ccc(N)c(C(=N)C6CCN(CC(F)(F)F)CC6)c5)C4=O)C3)CC2)cc1. The first kappa shape index (κ1) is 36.2. The molecule has 0 saturated carbocycles. The standard InChI is InChI=1S/C37H46F3N9O2/c1-44-24-45-34(43)28-4-2-25(3-5-28)26-10-16-48(17-11-26)32(50)21-47-18-12-36(22-47)13-19-49(35(36)51)29-6-7-31(41)30(20-29)33(42)27-8-14-46(15-9-27)23-37(38,39)40/h2-7,10,20,24,27,42H,8-9,11-19,21-23,41H2,1H3,(H2,43,44,45)/t36-/m0/s1. The number of amides is 2. The number of aliphatic imine (C=N–C) groups is 1. The zero-order valence-corrected chi connectivity index (χ0v) is 28.9. The van der Waals surface area contributed by atoms with E-state index in [4.69, 9.17) is 16.6 Å². The molecule has 3 fully saturated rings. The minimum Gasteiger partial charge on any atom is -0.398 e. The van der Waals surface area contributed by atoms with Gasteiger partial charge < -0.3 is 26.3 Å². The number of halogens is 3. The highest BCUT2D eigenvalue weighted by Crippen LogP contribution is 2.43. The van der Waals surface area contributed by atoms with Gasteiger partial charge in [-0.25, -0.2) is 4.99 Å². The lowest BCUT2D eigenvalue weighted by Crippen LogP contribution is -2.43. The van der Waals surface area contributed by atoms with E-state index in [1.807, 2.05) is 29.2 Å². The molecule has 4 aliphatic rings. The first-order valence-corrected chi connectivity index (χ1v) is 17.5.